The van der Waals surface area contributed by atoms with Crippen molar-refractivity contribution in [3.8, 4) is 0 Å². The number of furan rings is 1. The molecule has 2 N–H and O–H groups in total. The first-order chi connectivity index (χ1) is 16.4. The number of amides is 3. The van der Waals surface area contributed by atoms with Crippen LogP contribution in [-0.4, -0.2) is 26.7 Å². The summed E-state index contributed by atoms with van der Waals surface area (Å²) in [5, 5.41) is 5.42. The van der Waals surface area contributed by atoms with E-state index in [1.165, 1.54) is 10.8 Å². The van der Waals surface area contributed by atoms with Crippen molar-refractivity contribution in [3.63, 3.8) is 0 Å². The van der Waals surface area contributed by atoms with Crippen LogP contribution < -0.4 is 16.2 Å². The maximum Gasteiger partial charge on any atom is 0.321 e. The number of nitrogens with zero attached hydrogens (tertiary/aromatic N) is 2. The van der Waals surface area contributed by atoms with Crippen molar-refractivity contribution in [2.75, 3.05) is 0 Å². The Morgan fingerprint density at radius 1 is 1.15 bits per heavy atom. The van der Waals surface area contributed by atoms with E-state index in [2.05, 4.69) is 15.6 Å². The third-order valence-electron chi connectivity index (χ3n) is 4.96. The average Bonchev–Trinajstić information content (AvgIpc) is 3.34. The Labute approximate surface area is 204 Å². The number of hydrogen-bond donors (Lipinski definition) is 2. The summed E-state index contributed by atoms with van der Waals surface area (Å²) in [7, 11) is 0. The molecule has 1 unspecified atom stereocenters. The molecule has 174 valence electrons. The standard InChI is InChI=1S/C24H21ClN4O4S/c1-15(21(30)28-23(32)26-13-16-6-3-2-4-7-16)34-24-27-20-12-17(25)9-10-19(20)22(31)29(24)14-18-8-5-11-33-18/h2-12,15H,13-14H2,1H3,(H2,26,28,30,32). The molecule has 0 aliphatic rings. The van der Waals surface area contributed by atoms with E-state index in [0.29, 0.717) is 26.8 Å². The molecular weight excluding hydrogens is 476 g/mol. The number of aromatic nitrogens is 2. The minimum absolute atomic E-state index is 0.144. The molecule has 10 heteroatoms. The molecule has 8 nitrogen and oxygen atoms in total. The minimum atomic E-state index is -0.714. The smallest absolute Gasteiger partial charge is 0.321 e. The molecule has 2 aromatic carbocycles. The van der Waals surface area contributed by atoms with Gasteiger partial charge in [-0.1, -0.05) is 53.7 Å². The molecule has 0 fully saturated rings. The number of nitrogens with one attached hydrogen (secondary N) is 2. The fourth-order valence-corrected chi connectivity index (χ4v) is 4.28. The van der Waals surface area contributed by atoms with Gasteiger partial charge in [-0.3, -0.25) is 19.5 Å². The maximum atomic E-state index is 13.2. The van der Waals surface area contributed by atoms with Crippen molar-refractivity contribution in [2.45, 2.75) is 30.4 Å². The predicted molar refractivity (Wildman–Crippen MR) is 131 cm³/mol. The molecular formula is C24H21ClN4O4S. The highest BCUT2D eigenvalue weighted by Crippen LogP contribution is 2.24. The molecule has 4 aromatic rings. The Bertz CT molecular complexity index is 1370. The van der Waals surface area contributed by atoms with Gasteiger partial charge in [-0.15, -0.1) is 0 Å². The lowest BCUT2D eigenvalue weighted by Gasteiger charge is -2.16. The number of rotatable bonds is 7. The van der Waals surface area contributed by atoms with Crippen LogP contribution in [0.15, 0.2) is 81.3 Å². The molecule has 34 heavy (non-hydrogen) atoms. The van der Waals surface area contributed by atoms with Crippen LogP contribution in [0.5, 0.6) is 0 Å². The van der Waals surface area contributed by atoms with Gasteiger partial charge in [0.1, 0.15) is 5.76 Å². The molecule has 0 radical (unpaired) electrons. The second kappa shape index (κ2) is 10.6. The van der Waals surface area contributed by atoms with Crippen molar-refractivity contribution in [1.82, 2.24) is 20.2 Å². The normalized spacial score (nSPS) is 11.8. The van der Waals surface area contributed by atoms with E-state index in [0.717, 1.165) is 17.3 Å². The molecule has 0 aliphatic carbocycles. The topological polar surface area (TPSA) is 106 Å². The maximum absolute atomic E-state index is 13.2. The van der Waals surface area contributed by atoms with Crippen molar-refractivity contribution < 1.29 is 14.0 Å². The fourth-order valence-electron chi connectivity index (χ4n) is 3.21. The van der Waals surface area contributed by atoms with Gasteiger partial charge in [0.05, 0.1) is 29.0 Å². The number of urea groups is 1. The van der Waals surface area contributed by atoms with Crippen molar-refractivity contribution >= 4 is 46.2 Å². The second-order valence-electron chi connectivity index (χ2n) is 7.44. The third-order valence-corrected chi connectivity index (χ3v) is 6.29. The van der Waals surface area contributed by atoms with E-state index < -0.39 is 17.2 Å². The summed E-state index contributed by atoms with van der Waals surface area (Å²) < 4.78 is 6.84. The monoisotopic (exact) mass is 496 g/mol. The van der Waals surface area contributed by atoms with Crippen LogP contribution >= 0.6 is 23.4 Å². The molecule has 0 spiro atoms. The average molecular weight is 497 g/mol. The molecule has 1 atom stereocenters. The quantitative estimate of drug-likeness (QED) is 0.293. The van der Waals surface area contributed by atoms with E-state index in [-0.39, 0.29) is 18.6 Å². The Balaban J connectivity index is 1.51. The van der Waals surface area contributed by atoms with Gasteiger partial charge in [0.2, 0.25) is 5.91 Å². The number of carbonyl (C=O) groups is 2. The number of benzene rings is 2. The van der Waals surface area contributed by atoms with Gasteiger partial charge in [-0.2, -0.15) is 0 Å². The van der Waals surface area contributed by atoms with Crippen molar-refractivity contribution in [1.29, 1.82) is 0 Å². The summed E-state index contributed by atoms with van der Waals surface area (Å²) in [6.45, 7) is 2.07. The summed E-state index contributed by atoms with van der Waals surface area (Å²) in [6, 6.07) is 17.1. The van der Waals surface area contributed by atoms with Crippen LogP contribution in [0.1, 0.15) is 18.2 Å². The van der Waals surface area contributed by atoms with Gasteiger partial charge < -0.3 is 9.73 Å². The Hall–Kier alpha value is -3.56. The molecule has 3 amide bonds. The minimum Gasteiger partial charge on any atom is -0.467 e. The molecule has 2 heterocycles. The molecule has 0 aliphatic heterocycles. The van der Waals surface area contributed by atoms with Crippen LogP contribution in [0.3, 0.4) is 0 Å². The van der Waals surface area contributed by atoms with Gasteiger partial charge in [0.25, 0.3) is 5.56 Å². The molecule has 2 aromatic heterocycles. The Kier molecular flexibility index (Phi) is 7.34. The number of halogens is 1. The van der Waals surface area contributed by atoms with Gasteiger partial charge in [0.15, 0.2) is 5.16 Å². The van der Waals surface area contributed by atoms with Crippen LogP contribution in [0.2, 0.25) is 5.02 Å². The number of carbonyl (C=O) groups excluding carboxylic acids is 2. The summed E-state index contributed by atoms with van der Waals surface area (Å²) >= 11 is 7.15. The zero-order valence-electron chi connectivity index (χ0n) is 18.2. The Morgan fingerprint density at radius 3 is 2.68 bits per heavy atom. The highest BCUT2D eigenvalue weighted by Gasteiger charge is 2.21. The molecule has 0 saturated heterocycles. The zero-order valence-corrected chi connectivity index (χ0v) is 19.7. The van der Waals surface area contributed by atoms with E-state index in [4.69, 9.17) is 16.0 Å². The number of hydrogen-bond acceptors (Lipinski definition) is 6. The first kappa shape index (κ1) is 23.6. The fraction of sp³-hybridized carbons (Fsp3) is 0.167. The largest absolute Gasteiger partial charge is 0.467 e. The van der Waals surface area contributed by atoms with E-state index >= 15 is 0 Å². The summed E-state index contributed by atoms with van der Waals surface area (Å²) in [5.41, 5.74) is 1.05. The van der Waals surface area contributed by atoms with Gasteiger partial charge in [0, 0.05) is 11.6 Å². The van der Waals surface area contributed by atoms with E-state index in [1.54, 1.807) is 37.3 Å². The number of imide groups is 1. The molecule has 0 bridgehead atoms. The van der Waals surface area contributed by atoms with Crippen molar-refractivity contribution in [2.24, 2.45) is 0 Å². The lowest BCUT2D eigenvalue weighted by Crippen LogP contribution is -2.42. The number of fused-ring (bicyclic) bond motifs is 1. The SMILES string of the molecule is CC(Sc1nc2cc(Cl)ccc2c(=O)n1Cc1ccco1)C(=O)NC(=O)NCc1ccccc1. The highest BCUT2D eigenvalue weighted by atomic mass is 35.5. The van der Waals surface area contributed by atoms with Gasteiger partial charge in [-0.05, 0) is 42.8 Å². The summed E-state index contributed by atoms with van der Waals surface area (Å²) in [6.07, 6.45) is 1.52. The lowest BCUT2D eigenvalue weighted by molar-refractivity contribution is -0.119. The lowest BCUT2D eigenvalue weighted by atomic mass is 10.2. The summed E-state index contributed by atoms with van der Waals surface area (Å²) in [5.74, 6) is 0.0528. The van der Waals surface area contributed by atoms with E-state index in [1.807, 2.05) is 30.3 Å². The van der Waals surface area contributed by atoms with Crippen LogP contribution in [-0.2, 0) is 17.9 Å². The van der Waals surface area contributed by atoms with Gasteiger partial charge in [-0.25, -0.2) is 9.78 Å². The summed E-state index contributed by atoms with van der Waals surface area (Å²) in [4.78, 5) is 42.6. The van der Waals surface area contributed by atoms with Crippen LogP contribution in [0.4, 0.5) is 4.79 Å². The van der Waals surface area contributed by atoms with Crippen LogP contribution in [0, 0.1) is 0 Å². The third kappa shape index (κ3) is 5.67. The van der Waals surface area contributed by atoms with Crippen LogP contribution in [0.25, 0.3) is 10.9 Å². The zero-order chi connectivity index (χ0) is 24.1. The van der Waals surface area contributed by atoms with E-state index in [9.17, 15) is 14.4 Å². The first-order valence-electron chi connectivity index (χ1n) is 10.4. The number of thioether (sulfide) groups is 1. The molecule has 4 rings (SSSR count). The first-order valence-corrected chi connectivity index (χ1v) is 11.7. The van der Waals surface area contributed by atoms with Gasteiger partial charge >= 0.3 is 6.03 Å². The highest BCUT2D eigenvalue weighted by molar-refractivity contribution is 8.00. The Morgan fingerprint density at radius 2 is 1.94 bits per heavy atom. The second-order valence-corrected chi connectivity index (χ2v) is 9.19. The predicted octanol–water partition coefficient (Wildman–Crippen LogP) is 4.20. The molecule has 0 saturated carbocycles. The van der Waals surface area contributed by atoms with Crippen molar-refractivity contribution in [3.05, 3.63) is 93.6 Å².